The summed E-state index contributed by atoms with van der Waals surface area (Å²) in [4.78, 5) is 11.6. The number of benzene rings is 1. The minimum Gasteiger partial charge on any atom is -0.376 e. The molecule has 3 heteroatoms. The van der Waals surface area contributed by atoms with Gasteiger partial charge in [-0.15, -0.1) is 0 Å². The summed E-state index contributed by atoms with van der Waals surface area (Å²) in [6.07, 6.45) is 0.954. The number of hydrogen-bond acceptors (Lipinski definition) is 2. The van der Waals surface area contributed by atoms with E-state index in [1.807, 2.05) is 19.1 Å². The lowest BCUT2D eigenvalue weighted by atomic mass is 10.1. The summed E-state index contributed by atoms with van der Waals surface area (Å²) >= 11 is 0. The maximum absolute atomic E-state index is 11.6. The van der Waals surface area contributed by atoms with Gasteiger partial charge in [0.2, 0.25) is 5.91 Å². The molecule has 1 amide bonds. The van der Waals surface area contributed by atoms with Crippen LogP contribution in [-0.4, -0.2) is 18.5 Å². The number of carbonyl (C=O) groups excluding carboxylic acids is 1. The third kappa shape index (κ3) is 4.89. The molecule has 1 atom stereocenters. The molecule has 0 aromatic heterocycles. The van der Waals surface area contributed by atoms with E-state index in [4.69, 9.17) is 0 Å². The molecule has 2 N–H and O–H groups in total. The van der Waals surface area contributed by atoms with E-state index >= 15 is 0 Å². The van der Waals surface area contributed by atoms with Crippen LogP contribution in [-0.2, 0) is 4.79 Å². The fraction of sp³-hybridized carbons (Fsp3) is 0.500. The van der Waals surface area contributed by atoms with Gasteiger partial charge in [-0.2, -0.15) is 0 Å². The van der Waals surface area contributed by atoms with Crippen LogP contribution in [0.25, 0.3) is 0 Å². The molecule has 1 aromatic carbocycles. The van der Waals surface area contributed by atoms with E-state index < -0.39 is 0 Å². The molecular weight excluding hydrogens is 212 g/mol. The lowest BCUT2D eigenvalue weighted by Crippen LogP contribution is -2.36. The Balaban J connectivity index is 2.47. The minimum absolute atomic E-state index is 0.0403. The van der Waals surface area contributed by atoms with Crippen LogP contribution in [0.4, 0.5) is 5.69 Å². The molecule has 94 valence electrons. The molecule has 0 bridgehead atoms. The van der Waals surface area contributed by atoms with E-state index in [1.54, 1.807) is 0 Å². The van der Waals surface area contributed by atoms with Crippen LogP contribution in [0.2, 0.25) is 0 Å². The van der Waals surface area contributed by atoms with E-state index in [2.05, 4.69) is 37.5 Å². The van der Waals surface area contributed by atoms with Crippen molar-refractivity contribution in [3.8, 4) is 0 Å². The SMILES string of the molecule is CCC(C)NC(=O)CNc1cc(C)cc(C)c1. The second-order valence-corrected chi connectivity index (χ2v) is 4.61. The third-order valence-electron chi connectivity index (χ3n) is 2.69. The molecule has 0 heterocycles. The highest BCUT2D eigenvalue weighted by Gasteiger charge is 2.05. The number of carbonyl (C=O) groups is 1. The molecular formula is C14H22N2O. The summed E-state index contributed by atoms with van der Waals surface area (Å²) in [5, 5.41) is 6.07. The van der Waals surface area contributed by atoms with Crippen molar-refractivity contribution in [2.45, 2.75) is 40.2 Å². The van der Waals surface area contributed by atoms with E-state index in [9.17, 15) is 4.79 Å². The van der Waals surface area contributed by atoms with Gasteiger partial charge >= 0.3 is 0 Å². The van der Waals surface area contributed by atoms with Crippen LogP contribution in [0.1, 0.15) is 31.4 Å². The van der Waals surface area contributed by atoms with E-state index in [0.29, 0.717) is 6.54 Å². The van der Waals surface area contributed by atoms with Gasteiger partial charge in [-0.05, 0) is 50.5 Å². The summed E-state index contributed by atoms with van der Waals surface area (Å²) in [5.74, 6) is 0.0403. The quantitative estimate of drug-likeness (QED) is 0.822. The standard InChI is InChI=1S/C14H22N2O/c1-5-12(4)16-14(17)9-15-13-7-10(2)6-11(3)8-13/h6-8,12,15H,5,9H2,1-4H3,(H,16,17). The lowest BCUT2D eigenvalue weighted by molar-refractivity contribution is -0.120. The van der Waals surface area contributed by atoms with Crippen molar-refractivity contribution in [1.82, 2.24) is 5.32 Å². The second-order valence-electron chi connectivity index (χ2n) is 4.61. The summed E-state index contributed by atoms with van der Waals surface area (Å²) < 4.78 is 0. The Morgan fingerprint density at radius 3 is 2.35 bits per heavy atom. The summed E-state index contributed by atoms with van der Waals surface area (Å²) in [6, 6.07) is 6.45. The number of anilines is 1. The molecule has 0 aliphatic heterocycles. The van der Waals surface area contributed by atoms with Crippen molar-refractivity contribution in [2.75, 3.05) is 11.9 Å². The second kappa shape index (κ2) is 6.28. The van der Waals surface area contributed by atoms with Crippen molar-refractivity contribution in [1.29, 1.82) is 0 Å². The van der Waals surface area contributed by atoms with E-state index in [-0.39, 0.29) is 11.9 Å². The first-order valence-electron chi connectivity index (χ1n) is 6.12. The average molecular weight is 234 g/mol. The van der Waals surface area contributed by atoms with E-state index in [1.165, 1.54) is 11.1 Å². The molecule has 0 saturated carbocycles. The molecule has 0 saturated heterocycles. The largest absolute Gasteiger partial charge is 0.376 e. The molecule has 0 fully saturated rings. The molecule has 0 aliphatic carbocycles. The maximum atomic E-state index is 11.6. The molecule has 0 radical (unpaired) electrons. The number of hydrogen-bond donors (Lipinski definition) is 2. The Morgan fingerprint density at radius 2 is 1.82 bits per heavy atom. The predicted octanol–water partition coefficient (Wildman–Crippen LogP) is 2.63. The smallest absolute Gasteiger partial charge is 0.239 e. The third-order valence-corrected chi connectivity index (χ3v) is 2.69. The van der Waals surface area contributed by atoms with Crippen molar-refractivity contribution < 1.29 is 4.79 Å². The summed E-state index contributed by atoms with van der Waals surface area (Å²) in [7, 11) is 0. The normalized spacial score (nSPS) is 12.0. The van der Waals surface area contributed by atoms with Gasteiger partial charge in [-0.3, -0.25) is 4.79 Å². The maximum Gasteiger partial charge on any atom is 0.239 e. The molecule has 1 rings (SSSR count). The van der Waals surface area contributed by atoms with Gasteiger partial charge < -0.3 is 10.6 Å². The Bertz CT molecular complexity index is 368. The molecule has 1 aromatic rings. The highest BCUT2D eigenvalue weighted by molar-refractivity contribution is 5.81. The topological polar surface area (TPSA) is 41.1 Å². The molecule has 0 aliphatic rings. The number of rotatable bonds is 5. The van der Waals surface area contributed by atoms with Crippen LogP contribution < -0.4 is 10.6 Å². The van der Waals surface area contributed by atoms with Gasteiger partial charge in [0.1, 0.15) is 0 Å². The average Bonchev–Trinajstić information content (AvgIpc) is 2.25. The monoisotopic (exact) mass is 234 g/mol. The Labute approximate surface area is 104 Å². The van der Waals surface area contributed by atoms with Gasteiger partial charge in [-0.1, -0.05) is 13.0 Å². The summed E-state index contributed by atoms with van der Waals surface area (Å²) in [5.41, 5.74) is 3.41. The van der Waals surface area contributed by atoms with Gasteiger partial charge in [0.05, 0.1) is 6.54 Å². The van der Waals surface area contributed by atoms with Crippen LogP contribution in [0.3, 0.4) is 0 Å². The first-order chi connectivity index (χ1) is 8.01. The first kappa shape index (κ1) is 13.6. The van der Waals surface area contributed by atoms with Crippen LogP contribution in [0.15, 0.2) is 18.2 Å². The fourth-order valence-electron chi connectivity index (χ4n) is 1.69. The van der Waals surface area contributed by atoms with Crippen molar-refractivity contribution in [3.63, 3.8) is 0 Å². The zero-order valence-electron chi connectivity index (χ0n) is 11.1. The number of nitrogens with one attached hydrogen (secondary N) is 2. The van der Waals surface area contributed by atoms with Crippen LogP contribution in [0.5, 0.6) is 0 Å². The van der Waals surface area contributed by atoms with Crippen molar-refractivity contribution >= 4 is 11.6 Å². The Kier molecular flexibility index (Phi) is 5.01. The number of amides is 1. The molecule has 0 spiro atoms. The summed E-state index contributed by atoms with van der Waals surface area (Å²) in [6.45, 7) is 8.50. The van der Waals surface area contributed by atoms with Gasteiger partial charge in [0.15, 0.2) is 0 Å². The fourth-order valence-corrected chi connectivity index (χ4v) is 1.69. The van der Waals surface area contributed by atoms with Crippen molar-refractivity contribution in [3.05, 3.63) is 29.3 Å². The molecule has 3 nitrogen and oxygen atoms in total. The zero-order chi connectivity index (χ0) is 12.8. The van der Waals surface area contributed by atoms with Gasteiger partial charge in [0, 0.05) is 11.7 Å². The Morgan fingerprint density at radius 1 is 1.24 bits per heavy atom. The highest BCUT2D eigenvalue weighted by Crippen LogP contribution is 2.13. The van der Waals surface area contributed by atoms with Crippen LogP contribution >= 0.6 is 0 Å². The zero-order valence-corrected chi connectivity index (χ0v) is 11.1. The van der Waals surface area contributed by atoms with Gasteiger partial charge in [-0.25, -0.2) is 0 Å². The number of aryl methyl sites for hydroxylation is 2. The lowest BCUT2D eigenvalue weighted by Gasteiger charge is -2.13. The molecule has 1 unspecified atom stereocenters. The van der Waals surface area contributed by atoms with Gasteiger partial charge in [0.25, 0.3) is 0 Å². The Hall–Kier alpha value is -1.51. The molecule has 17 heavy (non-hydrogen) atoms. The van der Waals surface area contributed by atoms with Crippen LogP contribution in [0, 0.1) is 13.8 Å². The van der Waals surface area contributed by atoms with E-state index in [0.717, 1.165) is 12.1 Å². The first-order valence-corrected chi connectivity index (χ1v) is 6.12. The van der Waals surface area contributed by atoms with Crippen molar-refractivity contribution in [2.24, 2.45) is 0 Å². The predicted molar refractivity (Wildman–Crippen MR) is 72.3 cm³/mol. The highest BCUT2D eigenvalue weighted by atomic mass is 16.1. The minimum atomic E-state index is 0.0403.